The first-order valence-corrected chi connectivity index (χ1v) is 7.41. The van der Waals surface area contributed by atoms with Gasteiger partial charge in [-0.25, -0.2) is 8.42 Å². The normalized spacial score (nSPS) is 22.3. The molecule has 8 heteroatoms. The van der Waals surface area contributed by atoms with Gasteiger partial charge < -0.3 is 5.32 Å². The van der Waals surface area contributed by atoms with Gasteiger partial charge in [-0.2, -0.15) is 4.31 Å². The van der Waals surface area contributed by atoms with Gasteiger partial charge in [-0.3, -0.25) is 14.9 Å². The van der Waals surface area contributed by atoms with Crippen molar-refractivity contribution in [3.8, 4) is 0 Å². The Hall–Kier alpha value is -0.990. The molecule has 1 unspecified atom stereocenters. The van der Waals surface area contributed by atoms with Gasteiger partial charge in [0.2, 0.25) is 21.8 Å². The molecule has 18 heavy (non-hydrogen) atoms. The Labute approximate surface area is 107 Å². The average molecular weight is 277 g/mol. The molecule has 0 radical (unpaired) electrons. The van der Waals surface area contributed by atoms with Gasteiger partial charge in [0, 0.05) is 12.6 Å². The van der Waals surface area contributed by atoms with Gasteiger partial charge in [-0.05, 0) is 6.92 Å². The summed E-state index contributed by atoms with van der Waals surface area (Å²) >= 11 is 0. The van der Waals surface area contributed by atoms with Crippen LogP contribution >= 0.6 is 0 Å². The van der Waals surface area contributed by atoms with E-state index in [0.717, 1.165) is 4.31 Å². The summed E-state index contributed by atoms with van der Waals surface area (Å²) in [6, 6.07) is -0.657. The first-order valence-electron chi connectivity index (χ1n) is 5.80. The molecule has 0 aromatic carbocycles. The number of hydrogen-bond acceptors (Lipinski definition) is 5. The van der Waals surface area contributed by atoms with Crippen LogP contribution in [0.4, 0.5) is 0 Å². The van der Waals surface area contributed by atoms with E-state index < -0.39 is 27.9 Å². The molecule has 1 aliphatic heterocycles. The quantitative estimate of drug-likeness (QED) is 0.607. The van der Waals surface area contributed by atoms with Gasteiger partial charge in [0.15, 0.2) is 0 Å². The summed E-state index contributed by atoms with van der Waals surface area (Å²) in [5, 5.41) is 5.09. The highest BCUT2D eigenvalue weighted by molar-refractivity contribution is 7.89. The Morgan fingerprint density at radius 2 is 2.06 bits per heavy atom. The fourth-order valence-corrected chi connectivity index (χ4v) is 3.13. The van der Waals surface area contributed by atoms with Crippen LogP contribution in [0.2, 0.25) is 0 Å². The van der Waals surface area contributed by atoms with E-state index in [1.54, 1.807) is 0 Å². The van der Waals surface area contributed by atoms with Crippen LogP contribution in [0.15, 0.2) is 0 Å². The van der Waals surface area contributed by atoms with Crippen LogP contribution in [0.5, 0.6) is 0 Å². The Balaban J connectivity index is 2.71. The highest BCUT2D eigenvalue weighted by Gasteiger charge is 2.37. The van der Waals surface area contributed by atoms with Crippen LogP contribution in [0.3, 0.4) is 0 Å². The zero-order valence-corrected chi connectivity index (χ0v) is 11.6. The van der Waals surface area contributed by atoms with E-state index in [0.29, 0.717) is 6.54 Å². The number of nitrogens with zero attached hydrogens (tertiary/aromatic N) is 1. The molecule has 0 spiro atoms. The zero-order chi connectivity index (χ0) is 13.9. The summed E-state index contributed by atoms with van der Waals surface area (Å²) < 4.78 is 25.0. The molecule has 1 fully saturated rings. The van der Waals surface area contributed by atoms with E-state index in [4.69, 9.17) is 0 Å². The molecule has 0 aromatic rings. The van der Waals surface area contributed by atoms with Gasteiger partial charge in [-0.1, -0.05) is 13.8 Å². The lowest BCUT2D eigenvalue weighted by Crippen LogP contribution is -2.59. The number of carbonyl (C=O) groups excluding carboxylic acids is 2. The number of sulfonamides is 1. The minimum absolute atomic E-state index is 0.129. The molecule has 0 aromatic heterocycles. The third kappa shape index (κ3) is 3.76. The predicted octanol–water partition coefficient (Wildman–Crippen LogP) is -1.34. The summed E-state index contributed by atoms with van der Waals surface area (Å²) in [4.78, 5) is 22.6. The third-order valence-corrected chi connectivity index (χ3v) is 4.52. The molecule has 0 aliphatic carbocycles. The summed E-state index contributed by atoms with van der Waals surface area (Å²) in [6.45, 7) is 5.28. The third-order valence-electron chi connectivity index (χ3n) is 2.64. The van der Waals surface area contributed by atoms with Gasteiger partial charge in [0.1, 0.15) is 6.04 Å². The number of piperazine rings is 1. The number of hydrogen-bond donors (Lipinski definition) is 2. The van der Waals surface area contributed by atoms with Crippen LogP contribution in [0.25, 0.3) is 0 Å². The van der Waals surface area contributed by atoms with Crippen LogP contribution in [0, 0.1) is 0 Å². The van der Waals surface area contributed by atoms with Crippen molar-refractivity contribution in [1.82, 2.24) is 14.9 Å². The van der Waals surface area contributed by atoms with Gasteiger partial charge in [-0.15, -0.1) is 0 Å². The van der Waals surface area contributed by atoms with Crippen molar-refractivity contribution in [2.45, 2.75) is 32.9 Å². The topological polar surface area (TPSA) is 95.6 Å². The van der Waals surface area contributed by atoms with Crippen molar-refractivity contribution in [2.24, 2.45) is 0 Å². The fraction of sp³-hybridized carbons (Fsp3) is 0.800. The van der Waals surface area contributed by atoms with E-state index in [1.165, 1.54) is 6.92 Å². The minimum atomic E-state index is -3.60. The van der Waals surface area contributed by atoms with Crippen molar-refractivity contribution < 1.29 is 18.0 Å². The lowest BCUT2D eigenvalue weighted by molar-refractivity contribution is -0.136. The average Bonchev–Trinajstić information content (AvgIpc) is 2.22. The highest BCUT2D eigenvalue weighted by atomic mass is 32.2. The number of nitrogens with one attached hydrogen (secondary N) is 2. The van der Waals surface area contributed by atoms with Gasteiger partial charge in [0.25, 0.3) is 0 Å². The van der Waals surface area contributed by atoms with E-state index in [-0.39, 0.29) is 18.3 Å². The van der Waals surface area contributed by atoms with Crippen molar-refractivity contribution in [3.63, 3.8) is 0 Å². The summed E-state index contributed by atoms with van der Waals surface area (Å²) in [5.74, 6) is -1.29. The molecule has 0 bridgehead atoms. The molecule has 1 aliphatic rings. The number of imide groups is 1. The SMILES string of the molecule is CC(C)NCCS(=O)(=O)N1CC(=O)NC(=O)C1C. The predicted molar refractivity (Wildman–Crippen MR) is 66.2 cm³/mol. The molecule has 1 saturated heterocycles. The van der Waals surface area contributed by atoms with E-state index >= 15 is 0 Å². The Kier molecular flexibility index (Phi) is 4.83. The van der Waals surface area contributed by atoms with Crippen molar-refractivity contribution in [3.05, 3.63) is 0 Å². The molecule has 2 amide bonds. The molecule has 2 N–H and O–H groups in total. The van der Waals surface area contributed by atoms with Crippen molar-refractivity contribution in [2.75, 3.05) is 18.8 Å². The number of carbonyl (C=O) groups is 2. The van der Waals surface area contributed by atoms with E-state index in [1.807, 2.05) is 13.8 Å². The summed E-state index contributed by atoms with van der Waals surface area (Å²) in [5.41, 5.74) is 0. The van der Waals surface area contributed by atoms with Crippen LogP contribution in [-0.4, -0.2) is 55.5 Å². The van der Waals surface area contributed by atoms with Crippen LogP contribution in [0.1, 0.15) is 20.8 Å². The summed E-state index contributed by atoms with van der Waals surface area (Å²) in [7, 11) is -3.60. The fourth-order valence-electron chi connectivity index (χ4n) is 1.62. The Morgan fingerprint density at radius 1 is 1.44 bits per heavy atom. The molecule has 0 saturated carbocycles. The maximum atomic E-state index is 12.0. The molecule has 1 rings (SSSR count). The molecular formula is C10H19N3O4S. The maximum absolute atomic E-state index is 12.0. The highest BCUT2D eigenvalue weighted by Crippen LogP contribution is 2.11. The first-order chi connectivity index (χ1) is 8.24. The van der Waals surface area contributed by atoms with Crippen molar-refractivity contribution >= 4 is 21.8 Å². The second-order valence-corrected chi connectivity index (χ2v) is 6.60. The molecule has 7 nitrogen and oxygen atoms in total. The second kappa shape index (κ2) is 5.77. The molecule has 1 heterocycles. The lowest BCUT2D eigenvalue weighted by atomic mass is 10.2. The molecule has 1 atom stereocenters. The van der Waals surface area contributed by atoms with Gasteiger partial charge in [0.05, 0.1) is 12.3 Å². The smallest absolute Gasteiger partial charge is 0.244 e. The largest absolute Gasteiger partial charge is 0.313 e. The summed E-state index contributed by atoms with van der Waals surface area (Å²) in [6.07, 6.45) is 0. The van der Waals surface area contributed by atoms with Crippen molar-refractivity contribution in [1.29, 1.82) is 0 Å². The zero-order valence-electron chi connectivity index (χ0n) is 10.8. The molecular weight excluding hydrogens is 258 g/mol. The first kappa shape index (κ1) is 15.1. The number of rotatable bonds is 5. The van der Waals surface area contributed by atoms with Gasteiger partial charge >= 0.3 is 0 Å². The van der Waals surface area contributed by atoms with Crippen LogP contribution < -0.4 is 10.6 Å². The molecule has 104 valence electrons. The van der Waals surface area contributed by atoms with Crippen LogP contribution in [-0.2, 0) is 19.6 Å². The maximum Gasteiger partial charge on any atom is 0.244 e. The number of amides is 2. The van der Waals surface area contributed by atoms with E-state index in [2.05, 4.69) is 10.6 Å². The van der Waals surface area contributed by atoms with E-state index in [9.17, 15) is 18.0 Å². The lowest BCUT2D eigenvalue weighted by Gasteiger charge is -2.30. The Bertz CT molecular complexity index is 432. The standard InChI is InChI=1S/C10H19N3O4S/c1-7(2)11-4-5-18(16,17)13-6-9(14)12-10(15)8(13)3/h7-8,11H,4-6H2,1-3H3,(H,12,14,15). The monoisotopic (exact) mass is 277 g/mol. The second-order valence-electron chi connectivity index (χ2n) is 4.56. The Morgan fingerprint density at radius 3 is 2.61 bits per heavy atom. The minimum Gasteiger partial charge on any atom is -0.313 e.